The largest absolute Gasteiger partial charge is 0.506 e. The third-order valence-corrected chi connectivity index (χ3v) is 1.77. The highest BCUT2D eigenvalue weighted by Crippen LogP contribution is 2.27. The van der Waals surface area contributed by atoms with E-state index < -0.39 is 10.8 Å². The van der Waals surface area contributed by atoms with Crippen molar-refractivity contribution in [3.05, 3.63) is 40.5 Å². The molecule has 1 amide bonds. The first-order valence-corrected chi connectivity index (χ1v) is 4.45. The first-order valence-electron chi connectivity index (χ1n) is 4.45. The smallest absolute Gasteiger partial charge is 0.273 e. The molecule has 0 aromatic heterocycles. The first kappa shape index (κ1) is 11.7. The van der Waals surface area contributed by atoms with E-state index in [1.807, 2.05) is 0 Å². The van der Waals surface area contributed by atoms with Gasteiger partial charge in [0.25, 0.3) is 5.69 Å². The topological polar surface area (TPSA) is 92.5 Å². The van der Waals surface area contributed by atoms with Gasteiger partial charge in [0, 0.05) is 6.07 Å². The molecule has 1 aromatic rings. The second-order valence-corrected chi connectivity index (χ2v) is 2.95. The van der Waals surface area contributed by atoms with Gasteiger partial charge in [-0.05, 0) is 19.1 Å². The SMILES string of the molecule is C/C=C/C(=O)Nc1ccc([N+](=O)[O-])cc1O. The molecule has 0 saturated carbocycles. The van der Waals surface area contributed by atoms with Crippen molar-refractivity contribution in [2.45, 2.75) is 6.92 Å². The molecule has 0 aliphatic carbocycles. The van der Waals surface area contributed by atoms with Crippen molar-refractivity contribution >= 4 is 17.3 Å². The number of non-ortho nitro benzene ring substituents is 1. The van der Waals surface area contributed by atoms with Gasteiger partial charge in [0.05, 0.1) is 16.7 Å². The summed E-state index contributed by atoms with van der Waals surface area (Å²) in [6.07, 6.45) is 2.82. The number of carbonyl (C=O) groups excluding carboxylic acids is 1. The molecule has 1 aromatic carbocycles. The standard InChI is InChI=1S/C10H10N2O4/c1-2-3-10(14)11-8-5-4-7(12(15)16)6-9(8)13/h2-6,13H,1H3,(H,11,14)/b3-2+. The van der Waals surface area contributed by atoms with Crippen molar-refractivity contribution in [3.63, 3.8) is 0 Å². The van der Waals surface area contributed by atoms with Gasteiger partial charge in [0.2, 0.25) is 5.91 Å². The molecule has 1 rings (SSSR count). The minimum Gasteiger partial charge on any atom is -0.506 e. The first-order chi connectivity index (χ1) is 7.54. The highest BCUT2D eigenvalue weighted by molar-refractivity contribution is 6.00. The zero-order valence-corrected chi connectivity index (χ0v) is 8.51. The lowest BCUT2D eigenvalue weighted by atomic mass is 10.2. The number of hydrogen-bond donors (Lipinski definition) is 2. The van der Waals surface area contributed by atoms with E-state index in [9.17, 15) is 20.0 Å². The van der Waals surface area contributed by atoms with Gasteiger partial charge >= 0.3 is 0 Å². The van der Waals surface area contributed by atoms with Crippen molar-refractivity contribution in [3.8, 4) is 5.75 Å². The van der Waals surface area contributed by atoms with Gasteiger partial charge in [-0.1, -0.05) is 6.08 Å². The van der Waals surface area contributed by atoms with Crippen molar-refractivity contribution in [2.75, 3.05) is 5.32 Å². The molecule has 16 heavy (non-hydrogen) atoms. The summed E-state index contributed by atoms with van der Waals surface area (Å²) in [6.45, 7) is 1.68. The van der Waals surface area contributed by atoms with Crippen LogP contribution in [0.5, 0.6) is 5.75 Å². The predicted octanol–water partition coefficient (Wildman–Crippen LogP) is 1.81. The fourth-order valence-corrected chi connectivity index (χ4v) is 1.07. The maximum Gasteiger partial charge on any atom is 0.273 e. The number of nitrogens with one attached hydrogen (secondary N) is 1. The van der Waals surface area contributed by atoms with E-state index in [-0.39, 0.29) is 17.1 Å². The van der Waals surface area contributed by atoms with Gasteiger partial charge in [-0.15, -0.1) is 0 Å². The summed E-state index contributed by atoms with van der Waals surface area (Å²) >= 11 is 0. The maximum absolute atomic E-state index is 11.1. The second-order valence-electron chi connectivity index (χ2n) is 2.95. The third kappa shape index (κ3) is 2.81. The molecule has 2 N–H and O–H groups in total. The van der Waals surface area contributed by atoms with Gasteiger partial charge in [-0.25, -0.2) is 0 Å². The number of benzene rings is 1. The Bertz CT molecular complexity index is 454. The number of phenolic OH excluding ortho intramolecular Hbond substituents is 1. The Hall–Kier alpha value is -2.37. The van der Waals surface area contributed by atoms with Crippen LogP contribution < -0.4 is 5.32 Å². The summed E-state index contributed by atoms with van der Waals surface area (Å²) < 4.78 is 0. The van der Waals surface area contributed by atoms with E-state index >= 15 is 0 Å². The van der Waals surface area contributed by atoms with Crippen LogP contribution >= 0.6 is 0 Å². The van der Waals surface area contributed by atoms with E-state index in [2.05, 4.69) is 5.32 Å². The molecule has 0 aliphatic heterocycles. The average Bonchev–Trinajstić information content (AvgIpc) is 2.21. The molecule has 6 nitrogen and oxygen atoms in total. The number of phenols is 1. The molecular weight excluding hydrogens is 212 g/mol. The summed E-state index contributed by atoms with van der Waals surface area (Å²) in [5.74, 6) is -0.751. The Morgan fingerprint density at radius 1 is 1.56 bits per heavy atom. The highest BCUT2D eigenvalue weighted by atomic mass is 16.6. The highest BCUT2D eigenvalue weighted by Gasteiger charge is 2.10. The summed E-state index contributed by atoms with van der Waals surface area (Å²) in [5, 5.41) is 22.2. The number of nitro benzene ring substituents is 1. The van der Waals surface area contributed by atoms with Crippen LogP contribution in [0.25, 0.3) is 0 Å². The van der Waals surface area contributed by atoms with Gasteiger partial charge < -0.3 is 10.4 Å². The van der Waals surface area contributed by atoms with E-state index in [1.165, 1.54) is 24.3 Å². The fraction of sp³-hybridized carbons (Fsp3) is 0.100. The predicted molar refractivity (Wildman–Crippen MR) is 58.2 cm³/mol. The van der Waals surface area contributed by atoms with Crippen LogP contribution in [-0.2, 0) is 4.79 Å². The molecule has 0 saturated heterocycles. The van der Waals surface area contributed by atoms with Crippen molar-refractivity contribution in [1.29, 1.82) is 0 Å². The van der Waals surface area contributed by atoms with Gasteiger partial charge in [-0.3, -0.25) is 14.9 Å². The van der Waals surface area contributed by atoms with E-state index in [4.69, 9.17) is 0 Å². The Balaban J connectivity index is 2.91. The van der Waals surface area contributed by atoms with Crippen LogP contribution in [0.1, 0.15) is 6.92 Å². The zero-order chi connectivity index (χ0) is 12.1. The molecular formula is C10H10N2O4. The summed E-state index contributed by atoms with van der Waals surface area (Å²) in [6, 6.07) is 3.45. The lowest BCUT2D eigenvalue weighted by molar-refractivity contribution is -0.384. The molecule has 6 heteroatoms. The molecule has 0 unspecified atom stereocenters. The zero-order valence-electron chi connectivity index (χ0n) is 8.51. The molecule has 0 radical (unpaired) electrons. The van der Waals surface area contributed by atoms with Crippen molar-refractivity contribution in [2.24, 2.45) is 0 Å². The number of nitro groups is 1. The number of nitrogens with zero attached hydrogens (tertiary/aromatic N) is 1. The van der Waals surface area contributed by atoms with E-state index in [0.717, 1.165) is 6.07 Å². The number of rotatable bonds is 3. The number of anilines is 1. The summed E-state index contributed by atoms with van der Waals surface area (Å²) in [4.78, 5) is 20.9. The normalized spacial score (nSPS) is 10.3. The van der Waals surface area contributed by atoms with Crippen LogP contribution in [0.4, 0.5) is 11.4 Å². The van der Waals surface area contributed by atoms with Crippen molar-refractivity contribution in [1.82, 2.24) is 0 Å². The van der Waals surface area contributed by atoms with E-state index in [1.54, 1.807) is 6.92 Å². The maximum atomic E-state index is 11.1. The molecule has 0 aliphatic rings. The number of amides is 1. The Kier molecular flexibility index (Phi) is 3.60. The second kappa shape index (κ2) is 4.92. The Morgan fingerprint density at radius 3 is 2.75 bits per heavy atom. The quantitative estimate of drug-likeness (QED) is 0.353. The molecule has 0 spiro atoms. The van der Waals surface area contributed by atoms with Gasteiger partial charge in [0.1, 0.15) is 5.75 Å². The molecule has 0 fully saturated rings. The number of carbonyl (C=O) groups is 1. The van der Waals surface area contributed by atoms with Crippen LogP contribution in [0, 0.1) is 10.1 Å². The monoisotopic (exact) mass is 222 g/mol. The van der Waals surface area contributed by atoms with Crippen molar-refractivity contribution < 1.29 is 14.8 Å². The van der Waals surface area contributed by atoms with Crippen LogP contribution in [-0.4, -0.2) is 15.9 Å². The fourth-order valence-electron chi connectivity index (χ4n) is 1.07. The average molecular weight is 222 g/mol. The van der Waals surface area contributed by atoms with Gasteiger partial charge in [0.15, 0.2) is 0 Å². The lowest BCUT2D eigenvalue weighted by Crippen LogP contribution is -2.07. The number of hydrogen-bond acceptors (Lipinski definition) is 4. The lowest BCUT2D eigenvalue weighted by Gasteiger charge is -2.04. The molecule has 0 bridgehead atoms. The summed E-state index contributed by atoms with van der Waals surface area (Å²) in [7, 11) is 0. The molecule has 0 atom stereocenters. The molecule has 84 valence electrons. The third-order valence-electron chi connectivity index (χ3n) is 1.77. The van der Waals surface area contributed by atoms with Gasteiger partial charge in [-0.2, -0.15) is 0 Å². The Morgan fingerprint density at radius 2 is 2.25 bits per heavy atom. The van der Waals surface area contributed by atoms with Crippen LogP contribution in [0.2, 0.25) is 0 Å². The van der Waals surface area contributed by atoms with Crippen LogP contribution in [0.15, 0.2) is 30.4 Å². The minimum absolute atomic E-state index is 0.133. The summed E-state index contributed by atoms with van der Waals surface area (Å²) in [5.41, 5.74) is -0.102. The number of allylic oxidation sites excluding steroid dienone is 1. The minimum atomic E-state index is -0.628. The number of aromatic hydroxyl groups is 1. The van der Waals surface area contributed by atoms with E-state index in [0.29, 0.717) is 0 Å². The Labute approximate surface area is 91.4 Å². The van der Waals surface area contributed by atoms with Crippen LogP contribution in [0.3, 0.4) is 0 Å². The molecule has 0 heterocycles.